The summed E-state index contributed by atoms with van der Waals surface area (Å²) in [5.74, 6) is 0. The first-order valence-electron chi connectivity index (χ1n) is 8.19. The van der Waals surface area contributed by atoms with Crippen molar-refractivity contribution in [1.29, 1.82) is 0 Å². The van der Waals surface area contributed by atoms with Crippen LogP contribution < -0.4 is 4.31 Å². The van der Waals surface area contributed by atoms with Crippen molar-refractivity contribution in [3.05, 3.63) is 29.8 Å². The molecule has 0 unspecified atom stereocenters. The van der Waals surface area contributed by atoms with Crippen LogP contribution in [0.2, 0.25) is 0 Å². The fourth-order valence-corrected chi connectivity index (χ4v) is 4.91. The van der Waals surface area contributed by atoms with E-state index in [0.29, 0.717) is 13.0 Å². The monoisotopic (exact) mass is 336 g/mol. The zero-order valence-corrected chi connectivity index (χ0v) is 14.4. The number of sulfonamides is 1. The van der Waals surface area contributed by atoms with Gasteiger partial charge in [0.25, 0.3) is 0 Å². The molecule has 0 aliphatic carbocycles. The average Bonchev–Trinajstić information content (AvgIpc) is 2.85. The molecule has 0 amide bonds. The van der Waals surface area contributed by atoms with Gasteiger partial charge in [0.15, 0.2) is 0 Å². The number of benzene rings is 1. The summed E-state index contributed by atoms with van der Waals surface area (Å²) < 4.78 is 25.9. The van der Waals surface area contributed by atoms with Crippen molar-refractivity contribution in [3.63, 3.8) is 0 Å². The Balaban J connectivity index is 1.78. The summed E-state index contributed by atoms with van der Waals surface area (Å²) in [7, 11) is -3.24. The highest BCUT2D eigenvalue weighted by molar-refractivity contribution is 7.92. The van der Waals surface area contributed by atoms with E-state index in [0.717, 1.165) is 50.9 Å². The summed E-state index contributed by atoms with van der Waals surface area (Å²) >= 11 is 0. The smallest absolute Gasteiger partial charge is 0.232 e. The van der Waals surface area contributed by atoms with Gasteiger partial charge in [-0.2, -0.15) is 0 Å². The van der Waals surface area contributed by atoms with Crippen molar-refractivity contribution < 1.29 is 13.2 Å². The fraction of sp³-hybridized carbons (Fsp3) is 0.588. The van der Waals surface area contributed by atoms with Gasteiger partial charge >= 0.3 is 0 Å². The number of carbonyl (C=O) groups is 1. The number of anilines is 1. The quantitative estimate of drug-likeness (QED) is 0.607. The van der Waals surface area contributed by atoms with E-state index in [1.807, 2.05) is 18.2 Å². The summed E-state index contributed by atoms with van der Waals surface area (Å²) in [4.78, 5) is 12.8. The van der Waals surface area contributed by atoms with E-state index >= 15 is 0 Å². The Hall–Kier alpha value is -1.40. The summed E-state index contributed by atoms with van der Waals surface area (Å²) in [6.07, 6.45) is 5.73. The molecule has 1 fully saturated rings. The molecule has 0 radical (unpaired) electrons. The molecule has 5 nitrogen and oxygen atoms in total. The van der Waals surface area contributed by atoms with E-state index in [1.165, 1.54) is 11.8 Å². The first kappa shape index (κ1) is 16.5. The van der Waals surface area contributed by atoms with E-state index in [4.69, 9.17) is 0 Å². The normalized spacial score (nSPS) is 20.7. The van der Waals surface area contributed by atoms with Crippen LogP contribution in [0.25, 0.3) is 0 Å². The number of hydrogen-bond acceptors (Lipinski definition) is 4. The topological polar surface area (TPSA) is 57.7 Å². The molecule has 1 aromatic carbocycles. The summed E-state index contributed by atoms with van der Waals surface area (Å²) in [5.41, 5.74) is 1.98. The fourth-order valence-electron chi connectivity index (χ4n) is 3.91. The van der Waals surface area contributed by atoms with E-state index in [-0.39, 0.29) is 5.41 Å². The van der Waals surface area contributed by atoms with Crippen LogP contribution >= 0.6 is 0 Å². The molecule has 0 atom stereocenters. The second-order valence-electron chi connectivity index (χ2n) is 6.72. The zero-order chi connectivity index (χ0) is 16.5. The van der Waals surface area contributed by atoms with Gasteiger partial charge in [-0.15, -0.1) is 0 Å². The van der Waals surface area contributed by atoms with E-state index < -0.39 is 10.0 Å². The van der Waals surface area contributed by atoms with Gasteiger partial charge in [0.2, 0.25) is 10.0 Å². The number of hydrogen-bond donors (Lipinski definition) is 0. The van der Waals surface area contributed by atoms with Gasteiger partial charge in [-0.3, -0.25) is 4.31 Å². The lowest BCUT2D eigenvalue weighted by Crippen LogP contribution is -2.46. The van der Waals surface area contributed by atoms with Crippen LogP contribution in [0.3, 0.4) is 0 Å². The van der Waals surface area contributed by atoms with Gasteiger partial charge in [-0.25, -0.2) is 8.42 Å². The number of piperidine rings is 1. The zero-order valence-electron chi connectivity index (χ0n) is 13.6. The van der Waals surface area contributed by atoms with Gasteiger partial charge in [0.1, 0.15) is 6.29 Å². The second-order valence-corrected chi connectivity index (χ2v) is 8.62. The highest BCUT2D eigenvalue weighted by Gasteiger charge is 2.46. The minimum atomic E-state index is -3.24. The molecule has 2 heterocycles. The SMILES string of the molecule is CS(=O)(=O)N1CC2(CCN(CCCC=O)CC2)c2ccccc21. The molecule has 1 saturated heterocycles. The standard InChI is InChI=1S/C17H24N2O3S/c1-23(21,22)19-14-17(15-6-2-3-7-16(15)19)8-11-18(12-9-17)10-4-5-13-20/h2-3,6-7,13H,4-5,8-12,14H2,1H3. The molecule has 6 heteroatoms. The number of carbonyl (C=O) groups excluding carboxylic acids is 1. The summed E-state index contributed by atoms with van der Waals surface area (Å²) in [6, 6.07) is 7.91. The van der Waals surface area contributed by atoms with Crippen LogP contribution in [0.5, 0.6) is 0 Å². The van der Waals surface area contributed by atoms with E-state index in [9.17, 15) is 13.2 Å². The second kappa shape index (κ2) is 6.24. The Kier molecular flexibility index (Phi) is 4.47. The molecule has 1 spiro atoms. The third-order valence-electron chi connectivity index (χ3n) is 5.20. The lowest BCUT2D eigenvalue weighted by atomic mass is 9.74. The Morgan fingerprint density at radius 3 is 2.57 bits per heavy atom. The Bertz CT molecular complexity index is 679. The van der Waals surface area contributed by atoms with Gasteiger partial charge in [-0.1, -0.05) is 18.2 Å². The van der Waals surface area contributed by atoms with Crippen molar-refractivity contribution in [2.45, 2.75) is 31.1 Å². The van der Waals surface area contributed by atoms with Crippen LogP contribution in [0.1, 0.15) is 31.2 Å². The van der Waals surface area contributed by atoms with Gasteiger partial charge in [-0.05, 0) is 50.5 Å². The van der Waals surface area contributed by atoms with Gasteiger partial charge < -0.3 is 9.69 Å². The minimum absolute atomic E-state index is 0.0547. The average molecular weight is 336 g/mol. The number of aldehydes is 1. The Morgan fingerprint density at radius 2 is 1.91 bits per heavy atom. The predicted molar refractivity (Wildman–Crippen MR) is 91.3 cm³/mol. The lowest BCUT2D eigenvalue weighted by molar-refractivity contribution is -0.108. The predicted octanol–water partition coefficient (Wildman–Crippen LogP) is 1.78. The van der Waals surface area contributed by atoms with Crippen LogP contribution in [0.15, 0.2) is 24.3 Å². The number of fused-ring (bicyclic) bond motifs is 2. The van der Waals surface area contributed by atoms with Crippen molar-refractivity contribution in [2.24, 2.45) is 0 Å². The first-order valence-corrected chi connectivity index (χ1v) is 10.0. The number of likely N-dealkylation sites (tertiary alicyclic amines) is 1. The molecule has 23 heavy (non-hydrogen) atoms. The highest BCUT2D eigenvalue weighted by Crippen LogP contribution is 2.47. The molecule has 2 aliphatic heterocycles. The van der Waals surface area contributed by atoms with Crippen molar-refractivity contribution in [1.82, 2.24) is 4.90 Å². The minimum Gasteiger partial charge on any atom is -0.303 e. The van der Waals surface area contributed by atoms with Crippen LogP contribution in [-0.2, 0) is 20.2 Å². The van der Waals surface area contributed by atoms with E-state index in [1.54, 1.807) is 4.31 Å². The molecular weight excluding hydrogens is 312 g/mol. The maximum Gasteiger partial charge on any atom is 0.232 e. The maximum absolute atomic E-state index is 12.1. The number of rotatable bonds is 5. The third kappa shape index (κ3) is 3.15. The molecule has 126 valence electrons. The van der Waals surface area contributed by atoms with Crippen LogP contribution in [-0.4, -0.2) is 52.0 Å². The molecule has 0 aromatic heterocycles. The van der Waals surface area contributed by atoms with Crippen LogP contribution in [0.4, 0.5) is 5.69 Å². The van der Waals surface area contributed by atoms with E-state index in [2.05, 4.69) is 11.0 Å². The molecule has 2 aliphatic rings. The lowest BCUT2D eigenvalue weighted by Gasteiger charge is -2.39. The first-order chi connectivity index (χ1) is 11.0. The Morgan fingerprint density at radius 1 is 1.22 bits per heavy atom. The van der Waals surface area contributed by atoms with Crippen molar-refractivity contribution in [2.75, 3.05) is 36.7 Å². The maximum atomic E-state index is 12.1. The number of unbranched alkanes of at least 4 members (excludes halogenated alkanes) is 1. The summed E-state index contributed by atoms with van der Waals surface area (Å²) in [5, 5.41) is 0. The molecule has 0 N–H and O–H groups in total. The van der Waals surface area contributed by atoms with Crippen molar-refractivity contribution in [3.8, 4) is 0 Å². The molecule has 1 aromatic rings. The number of para-hydroxylation sites is 1. The molecule has 0 bridgehead atoms. The Labute approximate surface area is 138 Å². The van der Waals surface area contributed by atoms with Gasteiger partial charge in [0, 0.05) is 18.4 Å². The third-order valence-corrected chi connectivity index (χ3v) is 6.33. The van der Waals surface area contributed by atoms with Gasteiger partial charge in [0.05, 0.1) is 11.9 Å². The van der Waals surface area contributed by atoms with Crippen molar-refractivity contribution >= 4 is 22.0 Å². The molecule has 3 rings (SSSR count). The van der Waals surface area contributed by atoms with Crippen LogP contribution in [0, 0.1) is 0 Å². The molecular formula is C17H24N2O3S. The highest BCUT2D eigenvalue weighted by atomic mass is 32.2. The number of nitrogens with zero attached hydrogens (tertiary/aromatic N) is 2. The largest absolute Gasteiger partial charge is 0.303 e. The molecule has 0 saturated carbocycles. The summed E-state index contributed by atoms with van der Waals surface area (Å²) in [6.45, 7) is 3.44.